The van der Waals surface area contributed by atoms with Crippen LogP contribution in [0.4, 0.5) is 4.39 Å². The minimum atomic E-state index is -0.226. The standard InChI is InChI=1S/C16H24FNO/c1-15(2)10-13(16(3,4)19-15)14(18)9-11-6-5-7-12(17)8-11/h5-8,13-14H,9-10,18H2,1-4H3. The number of hydrogen-bond acceptors (Lipinski definition) is 2. The molecule has 1 aliphatic heterocycles. The van der Waals surface area contributed by atoms with Crippen LogP contribution >= 0.6 is 0 Å². The normalized spacial score (nSPS) is 26.3. The Balaban J connectivity index is 2.10. The summed E-state index contributed by atoms with van der Waals surface area (Å²) in [6.07, 6.45) is 1.63. The van der Waals surface area contributed by atoms with Crippen molar-refractivity contribution in [3.8, 4) is 0 Å². The molecule has 0 aliphatic carbocycles. The summed E-state index contributed by atoms with van der Waals surface area (Å²) in [6, 6.07) is 6.67. The first-order valence-electron chi connectivity index (χ1n) is 6.90. The van der Waals surface area contributed by atoms with E-state index < -0.39 is 0 Å². The van der Waals surface area contributed by atoms with Crippen molar-refractivity contribution >= 4 is 0 Å². The summed E-state index contributed by atoms with van der Waals surface area (Å²) in [7, 11) is 0. The third-order valence-corrected chi connectivity index (χ3v) is 4.02. The van der Waals surface area contributed by atoms with Gasteiger partial charge in [0.2, 0.25) is 0 Å². The zero-order chi connectivity index (χ0) is 14.3. The van der Waals surface area contributed by atoms with Gasteiger partial charge in [0.1, 0.15) is 5.82 Å². The SMILES string of the molecule is CC1(C)CC(C(N)Cc2cccc(F)c2)C(C)(C)O1. The number of ether oxygens (including phenoxy) is 1. The molecule has 0 spiro atoms. The van der Waals surface area contributed by atoms with Crippen molar-refractivity contribution in [1.82, 2.24) is 0 Å². The van der Waals surface area contributed by atoms with Crippen LogP contribution in [0.1, 0.15) is 39.7 Å². The molecular formula is C16H24FNO. The molecule has 19 heavy (non-hydrogen) atoms. The Morgan fingerprint density at radius 1 is 1.37 bits per heavy atom. The Morgan fingerprint density at radius 2 is 2.05 bits per heavy atom. The fraction of sp³-hybridized carbons (Fsp3) is 0.625. The molecule has 2 rings (SSSR count). The van der Waals surface area contributed by atoms with Crippen molar-refractivity contribution in [2.75, 3.05) is 0 Å². The molecule has 0 bridgehead atoms. The van der Waals surface area contributed by atoms with Crippen LogP contribution in [-0.2, 0) is 11.2 Å². The lowest BCUT2D eigenvalue weighted by molar-refractivity contribution is -0.0765. The van der Waals surface area contributed by atoms with E-state index in [1.54, 1.807) is 12.1 Å². The molecule has 1 fully saturated rings. The number of benzene rings is 1. The molecule has 0 aromatic heterocycles. The molecule has 1 heterocycles. The van der Waals surface area contributed by atoms with Crippen molar-refractivity contribution < 1.29 is 9.13 Å². The number of rotatable bonds is 3. The Bertz CT molecular complexity index is 456. The molecular weight excluding hydrogens is 241 g/mol. The van der Waals surface area contributed by atoms with Gasteiger partial charge < -0.3 is 10.5 Å². The van der Waals surface area contributed by atoms with Crippen molar-refractivity contribution in [2.24, 2.45) is 11.7 Å². The summed E-state index contributed by atoms with van der Waals surface area (Å²) in [5.74, 6) is 0.0812. The minimum absolute atomic E-state index is 0.0152. The van der Waals surface area contributed by atoms with Gasteiger partial charge >= 0.3 is 0 Å². The molecule has 1 aliphatic rings. The second kappa shape index (κ2) is 4.88. The van der Waals surface area contributed by atoms with Gasteiger partial charge in [-0.2, -0.15) is 0 Å². The number of halogens is 1. The molecule has 2 N–H and O–H groups in total. The van der Waals surface area contributed by atoms with E-state index in [-0.39, 0.29) is 29.0 Å². The molecule has 1 aromatic carbocycles. The molecule has 106 valence electrons. The summed E-state index contributed by atoms with van der Waals surface area (Å²) < 4.78 is 19.3. The highest BCUT2D eigenvalue weighted by Crippen LogP contribution is 2.43. The van der Waals surface area contributed by atoms with Gasteiger partial charge in [0.15, 0.2) is 0 Å². The largest absolute Gasteiger partial charge is 0.369 e. The first kappa shape index (κ1) is 14.5. The van der Waals surface area contributed by atoms with Crippen molar-refractivity contribution in [3.63, 3.8) is 0 Å². The third-order valence-electron chi connectivity index (χ3n) is 4.02. The molecule has 0 saturated carbocycles. The first-order valence-corrected chi connectivity index (χ1v) is 6.90. The number of hydrogen-bond donors (Lipinski definition) is 1. The van der Waals surface area contributed by atoms with E-state index >= 15 is 0 Å². The predicted octanol–water partition coefficient (Wildman–Crippen LogP) is 3.29. The fourth-order valence-electron chi connectivity index (χ4n) is 3.35. The highest BCUT2D eigenvalue weighted by molar-refractivity contribution is 5.18. The molecule has 0 amide bonds. The van der Waals surface area contributed by atoms with E-state index in [2.05, 4.69) is 27.7 Å². The maximum atomic E-state index is 13.2. The second-order valence-corrected chi connectivity index (χ2v) is 6.77. The van der Waals surface area contributed by atoms with Gasteiger partial charge in [-0.05, 0) is 58.2 Å². The maximum Gasteiger partial charge on any atom is 0.123 e. The van der Waals surface area contributed by atoms with Gasteiger partial charge in [0.25, 0.3) is 0 Å². The van der Waals surface area contributed by atoms with Crippen LogP contribution in [0.2, 0.25) is 0 Å². The van der Waals surface area contributed by atoms with Gasteiger partial charge in [0.05, 0.1) is 11.2 Å². The van der Waals surface area contributed by atoms with E-state index in [0.717, 1.165) is 12.0 Å². The van der Waals surface area contributed by atoms with Crippen LogP contribution in [0.5, 0.6) is 0 Å². The smallest absolute Gasteiger partial charge is 0.123 e. The molecule has 2 atom stereocenters. The quantitative estimate of drug-likeness (QED) is 0.910. The zero-order valence-electron chi connectivity index (χ0n) is 12.2. The average Bonchev–Trinajstić information content (AvgIpc) is 2.46. The molecule has 3 heteroatoms. The van der Waals surface area contributed by atoms with E-state index in [9.17, 15) is 4.39 Å². The molecule has 1 saturated heterocycles. The van der Waals surface area contributed by atoms with Gasteiger partial charge in [-0.15, -0.1) is 0 Å². The van der Waals surface area contributed by atoms with E-state index in [0.29, 0.717) is 6.42 Å². The van der Waals surface area contributed by atoms with E-state index in [1.165, 1.54) is 6.07 Å². The second-order valence-electron chi connectivity index (χ2n) is 6.77. The maximum absolute atomic E-state index is 13.2. The van der Waals surface area contributed by atoms with Gasteiger partial charge in [0, 0.05) is 12.0 Å². The Morgan fingerprint density at radius 3 is 2.58 bits per heavy atom. The lowest BCUT2D eigenvalue weighted by Gasteiger charge is -2.31. The van der Waals surface area contributed by atoms with Crippen LogP contribution in [-0.4, -0.2) is 17.2 Å². The Labute approximate surface area is 115 Å². The van der Waals surface area contributed by atoms with Gasteiger partial charge in [-0.3, -0.25) is 0 Å². The summed E-state index contributed by atoms with van der Waals surface area (Å²) in [6.45, 7) is 8.39. The summed E-state index contributed by atoms with van der Waals surface area (Å²) >= 11 is 0. The van der Waals surface area contributed by atoms with E-state index in [4.69, 9.17) is 10.5 Å². The summed E-state index contributed by atoms with van der Waals surface area (Å²) in [4.78, 5) is 0. The highest BCUT2D eigenvalue weighted by Gasteiger charge is 2.47. The third kappa shape index (κ3) is 3.34. The van der Waals surface area contributed by atoms with Crippen LogP contribution < -0.4 is 5.73 Å². The van der Waals surface area contributed by atoms with Crippen LogP contribution in [0.15, 0.2) is 24.3 Å². The van der Waals surface area contributed by atoms with Crippen LogP contribution in [0, 0.1) is 11.7 Å². The molecule has 1 aromatic rings. The van der Waals surface area contributed by atoms with Crippen LogP contribution in [0.3, 0.4) is 0 Å². The van der Waals surface area contributed by atoms with Crippen molar-refractivity contribution in [2.45, 2.75) is 57.8 Å². The summed E-state index contributed by atoms with van der Waals surface area (Å²) in [5, 5.41) is 0. The lowest BCUT2D eigenvalue weighted by atomic mass is 9.80. The first-order chi connectivity index (χ1) is 8.70. The molecule has 2 unspecified atom stereocenters. The van der Waals surface area contributed by atoms with Crippen molar-refractivity contribution in [3.05, 3.63) is 35.6 Å². The zero-order valence-corrected chi connectivity index (χ0v) is 12.2. The predicted molar refractivity (Wildman–Crippen MR) is 75.4 cm³/mol. The number of nitrogens with two attached hydrogens (primary N) is 1. The topological polar surface area (TPSA) is 35.2 Å². The average molecular weight is 265 g/mol. The highest BCUT2D eigenvalue weighted by atomic mass is 19.1. The van der Waals surface area contributed by atoms with Crippen LogP contribution in [0.25, 0.3) is 0 Å². The fourth-order valence-corrected chi connectivity index (χ4v) is 3.35. The Kier molecular flexibility index (Phi) is 3.72. The monoisotopic (exact) mass is 265 g/mol. The van der Waals surface area contributed by atoms with E-state index in [1.807, 2.05) is 6.07 Å². The Hall–Kier alpha value is -0.930. The van der Waals surface area contributed by atoms with Gasteiger partial charge in [-0.1, -0.05) is 12.1 Å². The molecule has 0 radical (unpaired) electrons. The summed E-state index contributed by atoms with van der Waals surface area (Å²) in [5.41, 5.74) is 6.95. The lowest BCUT2D eigenvalue weighted by Crippen LogP contribution is -2.42. The molecule has 2 nitrogen and oxygen atoms in total. The van der Waals surface area contributed by atoms with Gasteiger partial charge in [-0.25, -0.2) is 4.39 Å². The van der Waals surface area contributed by atoms with Crippen molar-refractivity contribution in [1.29, 1.82) is 0 Å². The minimum Gasteiger partial charge on any atom is -0.369 e.